The van der Waals surface area contributed by atoms with Crippen LogP contribution >= 0.6 is 0 Å². The number of unbranched alkanes of at least 4 members (excludes halogenated alkanes) is 5. The number of hydrogen-bond acceptors (Lipinski definition) is 2. The molecule has 0 atom stereocenters. The first-order valence-corrected chi connectivity index (χ1v) is 10.2. The van der Waals surface area contributed by atoms with Crippen LogP contribution in [0.3, 0.4) is 0 Å². The van der Waals surface area contributed by atoms with Gasteiger partial charge in [0, 0.05) is 24.2 Å². The highest BCUT2D eigenvalue weighted by Gasteiger charge is 2.12. The van der Waals surface area contributed by atoms with Gasteiger partial charge in [0.2, 0.25) is 0 Å². The van der Waals surface area contributed by atoms with E-state index in [4.69, 9.17) is 0 Å². The second kappa shape index (κ2) is 9.77. The number of nitrogens with zero attached hydrogens (tertiary/aromatic N) is 1. The molecule has 0 bridgehead atoms. The van der Waals surface area contributed by atoms with E-state index in [2.05, 4.69) is 41.8 Å². The lowest BCUT2D eigenvalue weighted by Gasteiger charge is -2.12. The van der Waals surface area contributed by atoms with Crippen molar-refractivity contribution >= 4 is 23.5 Å². The minimum Gasteiger partial charge on any atom is -0.423 e. The summed E-state index contributed by atoms with van der Waals surface area (Å²) in [5.74, 6) is 0. The molecule has 0 saturated heterocycles. The summed E-state index contributed by atoms with van der Waals surface area (Å²) in [6, 6.07) is 18.5. The van der Waals surface area contributed by atoms with Crippen molar-refractivity contribution in [1.29, 1.82) is 0 Å². The van der Waals surface area contributed by atoms with E-state index in [-0.39, 0.29) is 0 Å². The highest BCUT2D eigenvalue weighted by atomic mass is 16.4. The fourth-order valence-electron chi connectivity index (χ4n) is 3.75. The molecule has 2 aromatic carbocycles. The largest absolute Gasteiger partial charge is 0.488 e. The molecule has 1 heterocycles. The molecule has 0 aliphatic carbocycles. The number of benzene rings is 2. The van der Waals surface area contributed by atoms with Gasteiger partial charge in [-0.25, -0.2) is 0 Å². The lowest BCUT2D eigenvalue weighted by Crippen LogP contribution is -2.29. The molecule has 0 saturated carbocycles. The number of aromatic nitrogens is 1. The van der Waals surface area contributed by atoms with Crippen LogP contribution in [0.1, 0.15) is 56.7 Å². The molecule has 4 heteroatoms. The van der Waals surface area contributed by atoms with Gasteiger partial charge >= 0.3 is 7.12 Å². The summed E-state index contributed by atoms with van der Waals surface area (Å²) in [4.78, 5) is 0. The van der Waals surface area contributed by atoms with Crippen LogP contribution in [-0.4, -0.2) is 21.7 Å². The normalized spacial score (nSPS) is 11.2. The Balaban J connectivity index is 1.73. The number of rotatable bonds is 10. The van der Waals surface area contributed by atoms with Crippen LogP contribution < -0.4 is 5.46 Å². The molecule has 3 nitrogen and oxygen atoms in total. The average Bonchev–Trinajstić information content (AvgIpc) is 3.02. The van der Waals surface area contributed by atoms with Crippen molar-refractivity contribution < 1.29 is 10.0 Å². The topological polar surface area (TPSA) is 45.4 Å². The minimum atomic E-state index is -1.40. The summed E-state index contributed by atoms with van der Waals surface area (Å²) in [7, 11) is -1.40. The molecular weight excluding hydrogens is 333 g/mol. The van der Waals surface area contributed by atoms with Crippen LogP contribution in [-0.2, 0) is 13.0 Å². The van der Waals surface area contributed by atoms with Gasteiger partial charge in [-0.2, -0.15) is 0 Å². The summed E-state index contributed by atoms with van der Waals surface area (Å²) in [5, 5.41) is 19.8. The molecule has 3 rings (SSSR count). The van der Waals surface area contributed by atoms with Gasteiger partial charge in [-0.15, -0.1) is 0 Å². The number of fused-ring (bicyclic) bond motifs is 1. The van der Waals surface area contributed by atoms with E-state index in [1.165, 1.54) is 60.7 Å². The van der Waals surface area contributed by atoms with Gasteiger partial charge in [-0.3, -0.25) is 0 Å². The fourth-order valence-corrected chi connectivity index (χ4v) is 3.75. The van der Waals surface area contributed by atoms with Crippen molar-refractivity contribution in [3.05, 3.63) is 65.9 Å². The molecule has 142 valence electrons. The van der Waals surface area contributed by atoms with E-state index in [1.54, 1.807) is 12.1 Å². The Bertz CT molecular complexity index is 839. The zero-order valence-electron chi connectivity index (χ0n) is 16.3. The molecule has 1 aromatic heterocycles. The zero-order valence-corrected chi connectivity index (χ0v) is 16.3. The third-order valence-electron chi connectivity index (χ3n) is 5.29. The summed E-state index contributed by atoms with van der Waals surface area (Å²) >= 11 is 0. The zero-order chi connectivity index (χ0) is 19.1. The van der Waals surface area contributed by atoms with E-state index < -0.39 is 7.12 Å². The fraction of sp³-hybridized carbons (Fsp3) is 0.391. The maximum absolute atomic E-state index is 9.27. The van der Waals surface area contributed by atoms with Crippen molar-refractivity contribution in [2.45, 2.75) is 58.4 Å². The average molecular weight is 363 g/mol. The van der Waals surface area contributed by atoms with Crippen molar-refractivity contribution in [1.82, 2.24) is 4.57 Å². The van der Waals surface area contributed by atoms with Crippen molar-refractivity contribution in [2.24, 2.45) is 0 Å². The number of hydrogen-bond donors (Lipinski definition) is 2. The minimum absolute atomic E-state index is 0.534. The molecule has 0 aliphatic heterocycles. The van der Waals surface area contributed by atoms with Gasteiger partial charge in [0.15, 0.2) is 0 Å². The van der Waals surface area contributed by atoms with Crippen LogP contribution in [0, 0.1) is 0 Å². The van der Waals surface area contributed by atoms with Crippen LogP contribution in [0.25, 0.3) is 10.9 Å². The second-order valence-corrected chi connectivity index (χ2v) is 7.41. The van der Waals surface area contributed by atoms with Crippen LogP contribution in [0.15, 0.2) is 54.6 Å². The Morgan fingerprint density at radius 2 is 1.56 bits per heavy atom. The first-order valence-electron chi connectivity index (χ1n) is 10.2. The van der Waals surface area contributed by atoms with E-state index >= 15 is 0 Å². The van der Waals surface area contributed by atoms with E-state index in [9.17, 15) is 10.0 Å². The molecule has 3 aromatic rings. The van der Waals surface area contributed by atoms with Gasteiger partial charge in [-0.1, -0.05) is 81.5 Å². The Morgan fingerprint density at radius 1 is 0.852 bits per heavy atom. The highest BCUT2D eigenvalue weighted by molar-refractivity contribution is 6.58. The molecule has 0 unspecified atom stereocenters. The second-order valence-electron chi connectivity index (χ2n) is 7.41. The van der Waals surface area contributed by atoms with Gasteiger partial charge in [-0.05, 0) is 35.0 Å². The summed E-state index contributed by atoms with van der Waals surface area (Å²) < 4.78 is 2.46. The third kappa shape index (κ3) is 5.24. The molecule has 0 spiro atoms. The Morgan fingerprint density at radius 3 is 2.30 bits per heavy atom. The van der Waals surface area contributed by atoms with Gasteiger partial charge < -0.3 is 14.6 Å². The first-order chi connectivity index (χ1) is 13.2. The van der Waals surface area contributed by atoms with Gasteiger partial charge in [0.05, 0.1) is 0 Å². The van der Waals surface area contributed by atoms with Crippen LogP contribution in [0.4, 0.5) is 0 Å². The molecule has 0 aliphatic rings. The first kappa shape index (κ1) is 19.7. The van der Waals surface area contributed by atoms with Gasteiger partial charge in [0.1, 0.15) is 0 Å². The summed E-state index contributed by atoms with van der Waals surface area (Å²) in [6.07, 6.45) is 8.66. The Kier molecular flexibility index (Phi) is 7.14. The quantitative estimate of drug-likeness (QED) is 0.417. The molecular formula is C23H30BNO2. The predicted molar refractivity (Wildman–Crippen MR) is 114 cm³/mol. The SMILES string of the molecule is CCCCCCCCn1c(Cc2ccc(B(O)O)cc2)cc2ccccc21. The molecule has 0 amide bonds. The molecule has 2 N–H and O–H groups in total. The van der Waals surface area contributed by atoms with E-state index in [0.29, 0.717) is 5.46 Å². The standard InChI is InChI=1S/C23H30BNO2/c1-2-3-4-5-6-9-16-25-22(18-20-10-7-8-11-23(20)25)17-19-12-14-21(15-13-19)24(26)27/h7-8,10-15,18,26-27H,2-6,9,16-17H2,1H3. The maximum atomic E-state index is 9.27. The maximum Gasteiger partial charge on any atom is 0.488 e. The molecule has 0 fully saturated rings. The highest BCUT2D eigenvalue weighted by Crippen LogP contribution is 2.23. The number of aryl methyl sites for hydroxylation is 1. The van der Waals surface area contributed by atoms with Crippen LogP contribution in [0.5, 0.6) is 0 Å². The summed E-state index contributed by atoms with van der Waals surface area (Å²) in [6.45, 7) is 3.31. The van der Waals surface area contributed by atoms with Crippen molar-refractivity contribution in [3.8, 4) is 0 Å². The van der Waals surface area contributed by atoms with E-state index in [0.717, 1.165) is 13.0 Å². The molecule has 27 heavy (non-hydrogen) atoms. The lowest BCUT2D eigenvalue weighted by molar-refractivity contribution is 0.426. The van der Waals surface area contributed by atoms with Crippen molar-refractivity contribution in [3.63, 3.8) is 0 Å². The Hall–Kier alpha value is -2.04. The Labute approximate surface area is 162 Å². The third-order valence-corrected chi connectivity index (χ3v) is 5.29. The number of para-hydroxylation sites is 1. The van der Waals surface area contributed by atoms with Crippen LogP contribution in [0.2, 0.25) is 0 Å². The summed E-state index contributed by atoms with van der Waals surface area (Å²) in [5.41, 5.74) is 4.35. The monoisotopic (exact) mass is 363 g/mol. The predicted octanol–water partition coefficient (Wildman–Crippen LogP) is 4.27. The van der Waals surface area contributed by atoms with Crippen molar-refractivity contribution in [2.75, 3.05) is 0 Å². The van der Waals surface area contributed by atoms with Gasteiger partial charge in [0.25, 0.3) is 0 Å². The smallest absolute Gasteiger partial charge is 0.423 e. The van der Waals surface area contributed by atoms with E-state index in [1.807, 2.05) is 12.1 Å². The molecule has 0 radical (unpaired) electrons. The lowest BCUT2D eigenvalue weighted by atomic mass is 9.80.